The Morgan fingerprint density at radius 2 is 1.69 bits per heavy atom. The number of likely N-dealkylation sites (tertiary alicyclic amines) is 1. The fraction of sp³-hybridized carbons (Fsp3) is 0.580. The molecule has 7 heterocycles. The van der Waals surface area contributed by atoms with E-state index in [2.05, 4.69) is 42.5 Å². The molecule has 68 heavy (non-hydrogen) atoms. The summed E-state index contributed by atoms with van der Waals surface area (Å²) in [4.78, 5) is 47.4. The lowest BCUT2D eigenvalue weighted by atomic mass is 9.85. The number of amides is 3. The number of imide groups is 1. The number of hydrogen-bond donors (Lipinski definition) is 2. The predicted molar refractivity (Wildman–Crippen MR) is 247 cm³/mol. The van der Waals surface area contributed by atoms with Crippen molar-refractivity contribution in [2.45, 2.75) is 127 Å². The van der Waals surface area contributed by atoms with Crippen molar-refractivity contribution in [1.82, 2.24) is 44.4 Å². The van der Waals surface area contributed by atoms with Crippen LogP contribution in [-0.4, -0.2) is 108 Å². The first-order valence-corrected chi connectivity index (χ1v) is 24.7. The van der Waals surface area contributed by atoms with Crippen molar-refractivity contribution >= 4 is 45.8 Å². The molecule has 3 saturated heterocycles. The highest BCUT2D eigenvalue weighted by atomic mass is 19.3. The maximum Gasteiger partial charge on any atom is 0.284 e. The van der Waals surface area contributed by atoms with E-state index >= 15 is 4.39 Å². The lowest BCUT2D eigenvalue weighted by Crippen LogP contribution is -2.47. The quantitative estimate of drug-likeness (QED) is 0.0893. The largest absolute Gasteiger partial charge is 0.362 e. The van der Waals surface area contributed by atoms with Gasteiger partial charge in [-0.15, -0.1) is 0 Å². The highest BCUT2D eigenvalue weighted by molar-refractivity contribution is 6.08. The first kappa shape index (κ1) is 44.7. The number of fused-ring (bicyclic) bond motifs is 2. The molecule has 0 radical (unpaired) electrons. The zero-order chi connectivity index (χ0) is 46.5. The van der Waals surface area contributed by atoms with Crippen molar-refractivity contribution < 1.29 is 32.3 Å². The van der Waals surface area contributed by atoms with E-state index in [0.717, 1.165) is 105 Å². The fourth-order valence-electron chi connectivity index (χ4n) is 11.1. The molecule has 3 aliphatic carbocycles. The van der Waals surface area contributed by atoms with Crippen LogP contribution in [0.15, 0.2) is 42.9 Å². The van der Waals surface area contributed by atoms with Gasteiger partial charge >= 0.3 is 0 Å². The number of benzene rings is 1. The molecule has 1 aromatic carbocycles. The SMILES string of the molecule is O=C1CCC(c2nn(C3CC3)c3c(C#CCO[C@@H]4CCN(CC5CCC(n6cc(NC(=O)c7cnn8ccc(N9CCC(CC%10CC%10)CC9)nc78)c(C(F)F)n6)CC5)C[C@@H]4F)cccc23)C(=O)N1. The van der Waals surface area contributed by atoms with E-state index in [1.54, 1.807) is 10.9 Å². The van der Waals surface area contributed by atoms with Crippen molar-refractivity contribution in [3.8, 4) is 11.8 Å². The van der Waals surface area contributed by atoms with E-state index in [1.165, 1.54) is 36.2 Å². The molecule has 1 unspecified atom stereocenters. The molecule has 5 aromatic rings. The highest BCUT2D eigenvalue weighted by Gasteiger charge is 2.37. The number of ether oxygens (including phenoxy) is 1. The van der Waals surface area contributed by atoms with Crippen molar-refractivity contribution in [3.63, 3.8) is 0 Å². The molecule has 3 aliphatic heterocycles. The molecular formula is C50H58F3N11O4. The van der Waals surface area contributed by atoms with Gasteiger partial charge in [0.1, 0.15) is 24.2 Å². The number of alkyl halides is 3. The molecule has 0 bridgehead atoms. The summed E-state index contributed by atoms with van der Waals surface area (Å²) in [6.07, 6.45) is 12.8. The van der Waals surface area contributed by atoms with Crippen LogP contribution in [0.5, 0.6) is 0 Å². The minimum absolute atomic E-state index is 0.0237. The Labute approximate surface area is 392 Å². The highest BCUT2D eigenvalue weighted by Crippen LogP contribution is 2.42. The van der Waals surface area contributed by atoms with E-state index in [9.17, 15) is 23.2 Å². The molecule has 11 rings (SSSR count). The Morgan fingerprint density at radius 1 is 0.912 bits per heavy atom. The van der Waals surface area contributed by atoms with Crippen LogP contribution in [0.1, 0.15) is 142 Å². The molecule has 0 spiro atoms. The number of rotatable bonds is 13. The predicted octanol–water partition coefficient (Wildman–Crippen LogP) is 7.55. The lowest BCUT2D eigenvalue weighted by molar-refractivity contribution is -0.134. The molecule has 15 nitrogen and oxygen atoms in total. The van der Waals surface area contributed by atoms with Crippen molar-refractivity contribution in [2.24, 2.45) is 17.8 Å². The number of halogens is 3. The molecule has 18 heteroatoms. The van der Waals surface area contributed by atoms with Crippen LogP contribution in [-0.2, 0) is 14.3 Å². The molecule has 3 atom stereocenters. The number of hydrogen-bond acceptors (Lipinski definition) is 10. The Bertz CT molecular complexity index is 2750. The maximum absolute atomic E-state index is 15.6. The Morgan fingerprint density at radius 3 is 2.44 bits per heavy atom. The topological polar surface area (TPSA) is 157 Å². The van der Waals surface area contributed by atoms with Crippen LogP contribution < -0.4 is 15.5 Å². The summed E-state index contributed by atoms with van der Waals surface area (Å²) in [7, 11) is 0. The fourth-order valence-corrected chi connectivity index (χ4v) is 11.1. The van der Waals surface area contributed by atoms with E-state index < -0.39 is 36.2 Å². The van der Waals surface area contributed by atoms with Gasteiger partial charge in [0.05, 0.1) is 52.8 Å². The van der Waals surface area contributed by atoms with Gasteiger partial charge in [-0.3, -0.25) is 34.0 Å². The summed E-state index contributed by atoms with van der Waals surface area (Å²) >= 11 is 0. The smallest absolute Gasteiger partial charge is 0.284 e. The summed E-state index contributed by atoms with van der Waals surface area (Å²) in [6, 6.07) is 7.83. The van der Waals surface area contributed by atoms with Crippen molar-refractivity contribution in [2.75, 3.05) is 49.5 Å². The second kappa shape index (κ2) is 18.9. The summed E-state index contributed by atoms with van der Waals surface area (Å²) in [5.74, 6) is 7.47. The molecule has 6 fully saturated rings. The maximum atomic E-state index is 15.6. The second-order valence-corrected chi connectivity index (χ2v) is 20.0. The molecular weight excluding hydrogens is 876 g/mol. The van der Waals surface area contributed by atoms with Gasteiger partial charge in [0.15, 0.2) is 11.3 Å². The van der Waals surface area contributed by atoms with Gasteiger partial charge in [-0.2, -0.15) is 15.3 Å². The molecule has 3 saturated carbocycles. The van der Waals surface area contributed by atoms with Gasteiger partial charge in [-0.05, 0) is 101 Å². The lowest BCUT2D eigenvalue weighted by Gasteiger charge is -2.38. The van der Waals surface area contributed by atoms with E-state index in [0.29, 0.717) is 36.6 Å². The van der Waals surface area contributed by atoms with Gasteiger partial charge < -0.3 is 15.0 Å². The normalized spacial score (nSPS) is 25.2. The van der Waals surface area contributed by atoms with Crippen LogP contribution in [0.25, 0.3) is 16.6 Å². The molecule has 3 amide bonds. The van der Waals surface area contributed by atoms with Crippen LogP contribution in [0, 0.1) is 29.6 Å². The van der Waals surface area contributed by atoms with Gasteiger partial charge in [-0.1, -0.05) is 36.8 Å². The Hall–Kier alpha value is -5.80. The molecule has 6 aliphatic rings. The van der Waals surface area contributed by atoms with Gasteiger partial charge in [0.25, 0.3) is 12.3 Å². The Balaban J connectivity index is 0.660. The first-order valence-electron chi connectivity index (χ1n) is 24.7. The molecule has 2 N–H and O–H groups in total. The van der Waals surface area contributed by atoms with Crippen LogP contribution >= 0.6 is 0 Å². The zero-order valence-electron chi connectivity index (χ0n) is 38.2. The standard InChI is InChI=1S/C50H58F3N11O4/c51-39-28-60(20-18-41(39)68-24-2-4-33-3-1-5-36-44(37-14-15-43(65)57-49(37)66)59-64(46(33)36)35-12-13-35)27-32-8-10-34(11-9-32)63-29-40(45(58-63)47(52)53)55-50(67)38-26-54-62-23-19-42(56-48(38)62)61-21-16-31(17-22-61)25-30-6-7-30/h1,3,5,19,23,26,29-32,34-35,37,39,41,47H,6-18,20-22,24-25,27-28H2,(H,55,67)(H,57,65,66)/t32?,34?,37?,39-,41+/m0/s1. The summed E-state index contributed by atoms with van der Waals surface area (Å²) in [5, 5.41) is 19.5. The summed E-state index contributed by atoms with van der Waals surface area (Å²) in [6.45, 7) is 3.61. The third-order valence-corrected chi connectivity index (χ3v) is 15.2. The summed E-state index contributed by atoms with van der Waals surface area (Å²) in [5.41, 5.74) is 2.40. The minimum Gasteiger partial charge on any atom is -0.362 e. The first-order chi connectivity index (χ1) is 33.1. The van der Waals surface area contributed by atoms with E-state index in [1.807, 2.05) is 28.9 Å². The third kappa shape index (κ3) is 9.48. The summed E-state index contributed by atoms with van der Waals surface area (Å²) < 4.78 is 55.4. The average molecular weight is 934 g/mol. The average Bonchev–Trinajstić information content (AvgIpc) is 4.23. The number of nitrogens with one attached hydrogen (secondary N) is 2. The number of para-hydroxylation sites is 1. The molecule has 358 valence electrons. The van der Waals surface area contributed by atoms with Crippen molar-refractivity contribution in [1.29, 1.82) is 0 Å². The number of carbonyl (C=O) groups excluding carboxylic acids is 3. The molecule has 4 aromatic heterocycles. The zero-order valence-corrected chi connectivity index (χ0v) is 38.2. The number of anilines is 2. The minimum atomic E-state index is -2.88. The number of carbonyl (C=O) groups is 3. The van der Waals surface area contributed by atoms with Gasteiger partial charge in [0, 0.05) is 56.9 Å². The van der Waals surface area contributed by atoms with Crippen LogP contribution in [0.4, 0.5) is 24.7 Å². The Kier molecular flexibility index (Phi) is 12.5. The van der Waals surface area contributed by atoms with E-state index in [-0.39, 0.29) is 54.7 Å². The number of piperidine rings is 3. The van der Waals surface area contributed by atoms with Gasteiger partial charge in [0.2, 0.25) is 11.8 Å². The van der Waals surface area contributed by atoms with Gasteiger partial charge in [-0.25, -0.2) is 22.7 Å². The van der Waals surface area contributed by atoms with Crippen LogP contribution in [0.2, 0.25) is 0 Å². The third-order valence-electron chi connectivity index (χ3n) is 15.2. The van der Waals surface area contributed by atoms with E-state index in [4.69, 9.17) is 14.8 Å². The number of nitrogens with zero attached hydrogens (tertiary/aromatic N) is 9. The number of aromatic nitrogens is 7. The van der Waals surface area contributed by atoms with Crippen LogP contribution in [0.3, 0.4) is 0 Å². The van der Waals surface area contributed by atoms with Crippen molar-refractivity contribution in [3.05, 3.63) is 65.4 Å². The monoisotopic (exact) mass is 933 g/mol. The second-order valence-electron chi connectivity index (χ2n) is 20.0.